The Kier molecular flexibility index (Phi) is 2.92. The van der Waals surface area contributed by atoms with Crippen LogP contribution in [0.3, 0.4) is 0 Å². The predicted octanol–water partition coefficient (Wildman–Crippen LogP) is 1.19. The molecule has 1 radical (unpaired) electrons. The third kappa shape index (κ3) is 2.31. The van der Waals surface area contributed by atoms with Crippen LogP contribution in [0, 0.1) is 0 Å². The molecule has 0 saturated carbocycles. The van der Waals surface area contributed by atoms with E-state index in [9.17, 15) is 0 Å². The van der Waals surface area contributed by atoms with E-state index in [0.29, 0.717) is 0 Å². The first-order chi connectivity index (χ1) is 4.31. The Balaban J connectivity index is 4.10. The summed E-state index contributed by atoms with van der Waals surface area (Å²) >= 11 is 0. The van der Waals surface area contributed by atoms with Crippen molar-refractivity contribution >= 4 is 7.48 Å². The normalized spacial score (nSPS) is 13.4. The van der Waals surface area contributed by atoms with E-state index >= 15 is 0 Å². The number of hydrogen-bond acceptors (Lipinski definition) is 2. The van der Waals surface area contributed by atoms with Crippen LogP contribution in [0.1, 0.15) is 27.7 Å². The molecule has 3 heteroatoms. The molecule has 2 nitrogen and oxygen atoms in total. The van der Waals surface area contributed by atoms with Gasteiger partial charge in [-0.2, -0.15) is 0 Å². The lowest BCUT2D eigenvalue weighted by Gasteiger charge is -2.38. The van der Waals surface area contributed by atoms with Crippen molar-refractivity contribution in [2.45, 2.75) is 45.7 Å². The highest BCUT2D eigenvalue weighted by Gasteiger charge is 2.33. The maximum absolute atomic E-state index is 5.85. The molecule has 0 amide bonds. The van der Waals surface area contributed by atoms with E-state index in [2.05, 4.69) is 0 Å². The van der Waals surface area contributed by atoms with E-state index < -0.39 is 0 Å². The van der Waals surface area contributed by atoms with Gasteiger partial charge in [-0.3, -0.25) is 0 Å². The van der Waals surface area contributed by atoms with Gasteiger partial charge in [0.05, 0.1) is 5.60 Å². The minimum atomic E-state index is -0.306. The fourth-order valence-electron chi connectivity index (χ4n) is 0.446. The summed E-state index contributed by atoms with van der Waals surface area (Å²) in [4.78, 5) is 0. The van der Waals surface area contributed by atoms with Gasteiger partial charge in [0.2, 0.25) is 0 Å². The standard InChI is InChI=1S/C7H17BNO/c1-6(2,9)7(3,4)10-8-5/h9H2,1-5H3. The molecule has 2 N–H and O–H groups in total. The third-order valence-corrected chi connectivity index (χ3v) is 1.96. The lowest BCUT2D eigenvalue weighted by molar-refractivity contribution is 0.0449. The molecule has 0 aliphatic carbocycles. The second kappa shape index (κ2) is 2.93. The summed E-state index contributed by atoms with van der Waals surface area (Å²) in [5.74, 6) is 0. The van der Waals surface area contributed by atoms with Crippen LogP contribution in [0.15, 0.2) is 0 Å². The van der Waals surface area contributed by atoms with Gasteiger partial charge in [-0.15, -0.1) is 0 Å². The van der Waals surface area contributed by atoms with Gasteiger partial charge in [-0.05, 0) is 27.7 Å². The number of hydrogen-bond donors (Lipinski definition) is 1. The summed E-state index contributed by atoms with van der Waals surface area (Å²) in [6, 6.07) is 0. The quantitative estimate of drug-likeness (QED) is 0.600. The fourth-order valence-corrected chi connectivity index (χ4v) is 0.446. The molecule has 0 aromatic heterocycles. The van der Waals surface area contributed by atoms with Gasteiger partial charge >= 0.3 is 0 Å². The van der Waals surface area contributed by atoms with Crippen molar-refractivity contribution in [2.75, 3.05) is 0 Å². The topological polar surface area (TPSA) is 35.2 Å². The van der Waals surface area contributed by atoms with E-state index in [0.717, 1.165) is 0 Å². The van der Waals surface area contributed by atoms with Crippen molar-refractivity contribution in [1.82, 2.24) is 0 Å². The van der Waals surface area contributed by atoms with Gasteiger partial charge < -0.3 is 10.4 Å². The van der Waals surface area contributed by atoms with Crippen LogP contribution in [0.4, 0.5) is 0 Å². The van der Waals surface area contributed by atoms with Crippen molar-refractivity contribution in [3.63, 3.8) is 0 Å². The average molecular weight is 142 g/mol. The van der Waals surface area contributed by atoms with Crippen molar-refractivity contribution < 1.29 is 4.65 Å². The zero-order valence-corrected chi connectivity index (χ0v) is 7.56. The molecule has 0 spiro atoms. The fraction of sp³-hybridized carbons (Fsp3) is 1.00. The molecular weight excluding hydrogens is 125 g/mol. The van der Waals surface area contributed by atoms with E-state index in [1.807, 2.05) is 34.5 Å². The zero-order valence-electron chi connectivity index (χ0n) is 7.56. The van der Waals surface area contributed by atoms with Crippen LogP contribution in [0.5, 0.6) is 0 Å². The Bertz CT molecular complexity index is 107. The molecule has 0 aliphatic rings. The molecule has 0 heterocycles. The minimum Gasteiger partial charge on any atom is -0.434 e. The third-order valence-electron chi connectivity index (χ3n) is 1.96. The van der Waals surface area contributed by atoms with E-state index in [1.165, 1.54) is 0 Å². The van der Waals surface area contributed by atoms with E-state index in [4.69, 9.17) is 10.4 Å². The van der Waals surface area contributed by atoms with Gasteiger partial charge in [0, 0.05) is 5.54 Å². The molecule has 0 saturated heterocycles. The zero-order chi connectivity index (χ0) is 8.41. The lowest BCUT2D eigenvalue weighted by atomic mass is 9.85. The highest BCUT2D eigenvalue weighted by molar-refractivity contribution is 6.25. The largest absolute Gasteiger partial charge is 0.434 e. The van der Waals surface area contributed by atoms with Crippen LogP contribution in [0.25, 0.3) is 0 Å². The van der Waals surface area contributed by atoms with Gasteiger partial charge in [-0.1, -0.05) is 6.82 Å². The van der Waals surface area contributed by atoms with Crippen LogP contribution < -0.4 is 5.73 Å². The molecule has 0 aromatic rings. The maximum Gasteiger partial charge on any atom is 0.289 e. The van der Waals surface area contributed by atoms with Crippen LogP contribution >= 0.6 is 0 Å². The van der Waals surface area contributed by atoms with Crippen LogP contribution in [-0.4, -0.2) is 18.6 Å². The van der Waals surface area contributed by atoms with E-state index in [1.54, 1.807) is 7.48 Å². The number of nitrogens with two attached hydrogens (primary N) is 1. The average Bonchev–Trinajstić information content (AvgIpc) is 1.61. The first-order valence-electron chi connectivity index (χ1n) is 3.56. The van der Waals surface area contributed by atoms with Crippen LogP contribution in [-0.2, 0) is 4.65 Å². The second-order valence-corrected chi connectivity index (χ2v) is 3.59. The Morgan fingerprint density at radius 2 is 1.60 bits per heavy atom. The molecular formula is C7H17BNO. The van der Waals surface area contributed by atoms with E-state index in [-0.39, 0.29) is 11.1 Å². The second-order valence-electron chi connectivity index (χ2n) is 3.59. The molecule has 0 rings (SSSR count). The highest BCUT2D eigenvalue weighted by Crippen LogP contribution is 2.21. The summed E-state index contributed by atoms with van der Waals surface area (Å²) in [6.07, 6.45) is 0. The molecule has 0 bridgehead atoms. The molecule has 0 aromatic carbocycles. The summed E-state index contributed by atoms with van der Waals surface area (Å²) in [7, 11) is 1.68. The molecule has 0 fully saturated rings. The van der Waals surface area contributed by atoms with Gasteiger partial charge in [0.15, 0.2) is 0 Å². The molecule has 59 valence electrons. The Hall–Kier alpha value is -0.0151. The molecule has 10 heavy (non-hydrogen) atoms. The molecule has 0 aliphatic heterocycles. The predicted molar refractivity (Wildman–Crippen MR) is 45.0 cm³/mol. The van der Waals surface area contributed by atoms with Crippen LogP contribution in [0.2, 0.25) is 6.82 Å². The SMILES string of the molecule is C[B]OC(C)(C)C(C)(C)N. The van der Waals surface area contributed by atoms with Crippen molar-refractivity contribution in [3.8, 4) is 0 Å². The summed E-state index contributed by atoms with van der Waals surface area (Å²) in [5, 5.41) is 0. The molecule has 0 atom stereocenters. The summed E-state index contributed by atoms with van der Waals surface area (Å²) in [6.45, 7) is 9.72. The van der Waals surface area contributed by atoms with Crippen molar-refractivity contribution in [1.29, 1.82) is 0 Å². The highest BCUT2D eigenvalue weighted by atomic mass is 16.5. The maximum atomic E-state index is 5.85. The van der Waals surface area contributed by atoms with Gasteiger partial charge in [0.25, 0.3) is 7.48 Å². The van der Waals surface area contributed by atoms with Crippen molar-refractivity contribution in [3.05, 3.63) is 0 Å². The van der Waals surface area contributed by atoms with Gasteiger partial charge in [0.1, 0.15) is 0 Å². The minimum absolute atomic E-state index is 0.290. The first kappa shape index (κ1) is 9.98. The first-order valence-corrected chi connectivity index (χ1v) is 3.56. The summed E-state index contributed by atoms with van der Waals surface area (Å²) < 4.78 is 5.34. The van der Waals surface area contributed by atoms with Crippen molar-refractivity contribution in [2.24, 2.45) is 5.73 Å². The Morgan fingerprint density at radius 1 is 1.20 bits per heavy atom. The molecule has 0 unspecified atom stereocenters. The Labute approximate surface area is 64.4 Å². The monoisotopic (exact) mass is 142 g/mol. The number of rotatable bonds is 3. The van der Waals surface area contributed by atoms with Gasteiger partial charge in [-0.25, -0.2) is 0 Å². The summed E-state index contributed by atoms with van der Waals surface area (Å²) in [5.41, 5.74) is 5.26. The smallest absolute Gasteiger partial charge is 0.289 e. The Morgan fingerprint density at radius 3 is 1.70 bits per heavy atom. The lowest BCUT2D eigenvalue weighted by Crippen LogP contribution is -2.54.